The highest BCUT2D eigenvalue weighted by molar-refractivity contribution is 7.89. The van der Waals surface area contributed by atoms with Crippen LogP contribution in [0.25, 0.3) is 0 Å². The third kappa shape index (κ3) is 5.44. The van der Waals surface area contributed by atoms with Crippen molar-refractivity contribution >= 4 is 39.1 Å². The summed E-state index contributed by atoms with van der Waals surface area (Å²) < 4.78 is 28.6. The molecule has 2 aromatic rings. The molecule has 2 amide bonds. The molecule has 2 heterocycles. The molecule has 31 heavy (non-hydrogen) atoms. The number of hydrogen-bond donors (Lipinski definition) is 1. The Hall–Kier alpha value is -2.43. The van der Waals surface area contributed by atoms with Crippen LogP contribution in [0.5, 0.6) is 0 Å². The number of benzene rings is 1. The van der Waals surface area contributed by atoms with E-state index in [1.165, 1.54) is 15.4 Å². The van der Waals surface area contributed by atoms with Gasteiger partial charge < -0.3 is 14.8 Å². The minimum absolute atomic E-state index is 0.0204. The molecule has 1 N–H and O–H groups in total. The smallest absolute Gasteiger partial charge is 0.262 e. The predicted molar refractivity (Wildman–Crippen MR) is 117 cm³/mol. The van der Waals surface area contributed by atoms with E-state index in [-0.39, 0.29) is 42.4 Å². The number of imidazole rings is 1. The Morgan fingerprint density at radius 1 is 1.29 bits per heavy atom. The lowest BCUT2D eigenvalue weighted by molar-refractivity contribution is -0.138. The van der Waals surface area contributed by atoms with Gasteiger partial charge in [-0.15, -0.1) is 0 Å². The molecular weight excluding hydrogens is 442 g/mol. The predicted octanol–water partition coefficient (Wildman–Crippen LogP) is 1.88. The Balaban J connectivity index is 1.54. The molecule has 1 aliphatic rings. The summed E-state index contributed by atoms with van der Waals surface area (Å²) in [5.74, 6) is -0.224. The molecular formula is C20H26ClN5O4S. The van der Waals surface area contributed by atoms with Gasteiger partial charge in [0.05, 0.1) is 6.54 Å². The minimum atomic E-state index is -3.69. The largest absolute Gasteiger partial charge is 0.337 e. The zero-order valence-corrected chi connectivity index (χ0v) is 19.3. The van der Waals surface area contributed by atoms with Crippen LogP contribution >= 0.6 is 11.6 Å². The lowest BCUT2D eigenvalue weighted by atomic mass is 9.96. The van der Waals surface area contributed by atoms with Crippen LogP contribution in [-0.4, -0.2) is 65.7 Å². The first kappa shape index (κ1) is 23.2. The molecule has 3 rings (SSSR count). The number of sulfonamides is 1. The Kier molecular flexibility index (Phi) is 7.03. The Labute approximate surface area is 187 Å². The number of carbonyl (C=O) groups excluding carboxylic acids is 2. The molecule has 1 aromatic heterocycles. The van der Waals surface area contributed by atoms with Gasteiger partial charge in [-0.2, -0.15) is 4.31 Å². The van der Waals surface area contributed by atoms with Crippen molar-refractivity contribution in [3.8, 4) is 0 Å². The maximum atomic E-state index is 12.8. The maximum absolute atomic E-state index is 12.8. The normalized spacial score (nSPS) is 15.6. The molecule has 0 bridgehead atoms. The summed E-state index contributed by atoms with van der Waals surface area (Å²) >= 11 is 5.91. The monoisotopic (exact) mass is 467 g/mol. The molecule has 0 saturated carbocycles. The van der Waals surface area contributed by atoms with Crippen molar-refractivity contribution in [2.24, 2.45) is 13.0 Å². The van der Waals surface area contributed by atoms with Gasteiger partial charge in [0, 0.05) is 50.0 Å². The number of aromatic nitrogens is 2. The van der Waals surface area contributed by atoms with Crippen LogP contribution in [0, 0.1) is 12.8 Å². The van der Waals surface area contributed by atoms with E-state index >= 15 is 0 Å². The highest BCUT2D eigenvalue weighted by atomic mass is 35.5. The number of anilines is 1. The highest BCUT2D eigenvalue weighted by Crippen LogP contribution is 2.24. The van der Waals surface area contributed by atoms with Crippen LogP contribution in [0.15, 0.2) is 35.5 Å². The number of halogens is 1. The molecule has 0 radical (unpaired) electrons. The standard InChI is InChI=1S/C20H26ClN5O4S/c1-14-22-19(13-24(14)2)31(29,30)26-9-7-15(8-10-26)20(28)25(3)12-18(27)23-17-6-4-5-16(21)11-17/h4-6,11,13,15H,7-10,12H2,1-3H3,(H,23,27). The number of rotatable bonds is 6. The molecule has 9 nitrogen and oxygen atoms in total. The van der Waals surface area contributed by atoms with Gasteiger partial charge in [-0.1, -0.05) is 17.7 Å². The maximum Gasteiger partial charge on any atom is 0.262 e. The van der Waals surface area contributed by atoms with Crippen LogP contribution in [0.3, 0.4) is 0 Å². The lowest BCUT2D eigenvalue weighted by Crippen LogP contribution is -2.45. The van der Waals surface area contributed by atoms with E-state index in [4.69, 9.17) is 11.6 Å². The van der Waals surface area contributed by atoms with Gasteiger partial charge >= 0.3 is 0 Å². The summed E-state index contributed by atoms with van der Waals surface area (Å²) in [5, 5.41) is 3.23. The summed E-state index contributed by atoms with van der Waals surface area (Å²) in [6.45, 7) is 2.10. The van der Waals surface area contributed by atoms with E-state index in [0.29, 0.717) is 29.4 Å². The number of nitrogens with one attached hydrogen (secondary N) is 1. The summed E-state index contributed by atoms with van der Waals surface area (Å²) in [6.07, 6.45) is 2.28. The first-order valence-electron chi connectivity index (χ1n) is 9.88. The number of likely N-dealkylation sites (N-methyl/N-ethyl adjacent to an activating group) is 1. The molecule has 11 heteroatoms. The fraction of sp³-hybridized carbons (Fsp3) is 0.450. The van der Waals surface area contributed by atoms with Crippen molar-refractivity contribution in [3.63, 3.8) is 0 Å². The van der Waals surface area contributed by atoms with Gasteiger partial charge in [-0.3, -0.25) is 9.59 Å². The van der Waals surface area contributed by atoms with Crippen molar-refractivity contribution in [1.29, 1.82) is 0 Å². The Morgan fingerprint density at radius 2 is 1.97 bits per heavy atom. The van der Waals surface area contributed by atoms with E-state index < -0.39 is 10.0 Å². The SMILES string of the molecule is Cc1nc(S(=O)(=O)N2CCC(C(=O)N(C)CC(=O)Nc3cccc(Cl)c3)CC2)cn1C. The van der Waals surface area contributed by atoms with E-state index in [1.54, 1.807) is 49.9 Å². The summed E-state index contributed by atoms with van der Waals surface area (Å²) in [5.41, 5.74) is 0.557. The molecule has 1 aliphatic heterocycles. The van der Waals surface area contributed by atoms with Crippen LogP contribution in [0.1, 0.15) is 18.7 Å². The topological polar surface area (TPSA) is 105 Å². The second-order valence-electron chi connectivity index (χ2n) is 7.67. The van der Waals surface area contributed by atoms with E-state index in [1.807, 2.05) is 0 Å². The second kappa shape index (κ2) is 9.37. The zero-order valence-electron chi connectivity index (χ0n) is 17.7. The van der Waals surface area contributed by atoms with Gasteiger partial charge in [0.15, 0.2) is 5.03 Å². The Bertz CT molecular complexity index is 1060. The third-order valence-corrected chi connectivity index (χ3v) is 7.36. The summed E-state index contributed by atoms with van der Waals surface area (Å²) in [4.78, 5) is 30.5. The van der Waals surface area contributed by atoms with Crippen molar-refractivity contribution < 1.29 is 18.0 Å². The molecule has 1 fully saturated rings. The quantitative estimate of drug-likeness (QED) is 0.698. The van der Waals surface area contributed by atoms with Gasteiger partial charge in [0.25, 0.3) is 10.0 Å². The summed E-state index contributed by atoms with van der Waals surface area (Å²) in [7, 11) is -0.379. The van der Waals surface area contributed by atoms with E-state index in [9.17, 15) is 18.0 Å². The number of hydrogen-bond acceptors (Lipinski definition) is 5. The van der Waals surface area contributed by atoms with Crippen molar-refractivity contribution in [1.82, 2.24) is 18.8 Å². The average molecular weight is 468 g/mol. The minimum Gasteiger partial charge on any atom is -0.337 e. The average Bonchev–Trinajstić information content (AvgIpc) is 3.06. The van der Waals surface area contributed by atoms with Crippen molar-refractivity contribution in [2.75, 3.05) is 32.0 Å². The van der Waals surface area contributed by atoms with Crippen molar-refractivity contribution in [3.05, 3.63) is 41.3 Å². The number of aryl methyl sites for hydroxylation is 2. The van der Waals surface area contributed by atoms with Crippen molar-refractivity contribution in [2.45, 2.75) is 24.8 Å². The molecule has 1 saturated heterocycles. The first-order valence-corrected chi connectivity index (χ1v) is 11.7. The van der Waals surface area contributed by atoms with Gasteiger partial charge in [-0.05, 0) is 38.0 Å². The van der Waals surface area contributed by atoms with Crippen LogP contribution in [-0.2, 0) is 26.7 Å². The Morgan fingerprint density at radius 3 is 2.55 bits per heavy atom. The second-order valence-corrected chi connectivity index (χ2v) is 9.99. The van der Waals surface area contributed by atoms with Crippen LogP contribution < -0.4 is 5.32 Å². The van der Waals surface area contributed by atoms with Gasteiger partial charge in [0.1, 0.15) is 5.82 Å². The summed E-state index contributed by atoms with van der Waals surface area (Å²) in [6, 6.07) is 6.76. The molecule has 168 valence electrons. The van der Waals surface area contributed by atoms with E-state index in [2.05, 4.69) is 10.3 Å². The zero-order chi connectivity index (χ0) is 22.8. The molecule has 1 aromatic carbocycles. The van der Waals surface area contributed by atoms with Crippen LogP contribution in [0.2, 0.25) is 5.02 Å². The number of amides is 2. The number of carbonyl (C=O) groups is 2. The van der Waals surface area contributed by atoms with Gasteiger partial charge in [0.2, 0.25) is 11.8 Å². The molecule has 0 unspecified atom stereocenters. The number of nitrogens with zero attached hydrogens (tertiary/aromatic N) is 4. The molecule has 0 spiro atoms. The third-order valence-electron chi connectivity index (χ3n) is 5.36. The van der Waals surface area contributed by atoms with Gasteiger partial charge in [-0.25, -0.2) is 13.4 Å². The van der Waals surface area contributed by atoms with E-state index in [0.717, 1.165) is 0 Å². The number of piperidine rings is 1. The first-order chi connectivity index (χ1) is 14.6. The molecule has 0 atom stereocenters. The molecule has 0 aliphatic carbocycles. The van der Waals surface area contributed by atoms with Crippen LogP contribution in [0.4, 0.5) is 5.69 Å². The lowest BCUT2D eigenvalue weighted by Gasteiger charge is -2.31. The highest BCUT2D eigenvalue weighted by Gasteiger charge is 2.34. The fourth-order valence-electron chi connectivity index (χ4n) is 3.50. The fourth-order valence-corrected chi connectivity index (χ4v) is 5.18.